The van der Waals surface area contributed by atoms with Crippen LogP contribution in [-0.2, 0) is 18.0 Å². The van der Waals surface area contributed by atoms with E-state index in [4.69, 9.17) is 9.47 Å². The van der Waals surface area contributed by atoms with Crippen LogP contribution in [-0.4, -0.2) is 24.3 Å². The highest BCUT2D eigenvalue weighted by atomic mass is 16.5. The van der Waals surface area contributed by atoms with Crippen molar-refractivity contribution in [3.8, 4) is 5.75 Å². The van der Waals surface area contributed by atoms with Crippen molar-refractivity contribution < 1.29 is 19.5 Å². The Hall–Kier alpha value is -1.82. The van der Waals surface area contributed by atoms with Crippen LogP contribution in [0.2, 0.25) is 0 Å². The van der Waals surface area contributed by atoms with Crippen molar-refractivity contribution in [2.45, 2.75) is 13.2 Å². The van der Waals surface area contributed by atoms with Crippen molar-refractivity contribution in [1.82, 2.24) is 0 Å². The first-order valence-corrected chi connectivity index (χ1v) is 6.35. The zero-order chi connectivity index (χ0) is 14.4. The number of hydrogen-bond donors (Lipinski definition) is 2. The van der Waals surface area contributed by atoms with Gasteiger partial charge in [0.25, 0.3) is 0 Å². The quantitative estimate of drug-likeness (QED) is 0.773. The summed E-state index contributed by atoms with van der Waals surface area (Å²) in [6.07, 6.45) is 0. The molecule has 0 heterocycles. The van der Waals surface area contributed by atoms with E-state index >= 15 is 0 Å². The first-order valence-electron chi connectivity index (χ1n) is 6.35. The first-order chi connectivity index (χ1) is 9.70. The molecule has 0 aliphatic heterocycles. The summed E-state index contributed by atoms with van der Waals surface area (Å²) >= 11 is 0. The molecule has 4 nitrogen and oxygen atoms in total. The first kappa shape index (κ1) is 14.6. The van der Waals surface area contributed by atoms with E-state index in [0.29, 0.717) is 30.0 Å². The summed E-state index contributed by atoms with van der Waals surface area (Å²) in [5.74, 6) is 0.672. The Labute approximate surface area is 118 Å². The molecule has 2 aromatic rings. The van der Waals surface area contributed by atoms with Crippen molar-refractivity contribution in [2.24, 2.45) is 0 Å². The van der Waals surface area contributed by atoms with Crippen LogP contribution in [0.3, 0.4) is 0 Å². The van der Waals surface area contributed by atoms with Gasteiger partial charge in [-0.15, -0.1) is 0 Å². The number of hydrogen-bond acceptors (Lipinski definition) is 4. The Morgan fingerprint density at radius 2 is 1.75 bits per heavy atom. The molecule has 0 bridgehead atoms. The lowest BCUT2D eigenvalue weighted by Crippen LogP contribution is -2.33. The van der Waals surface area contributed by atoms with Crippen molar-refractivity contribution in [3.05, 3.63) is 59.7 Å². The van der Waals surface area contributed by atoms with Gasteiger partial charge in [0.2, 0.25) is 0 Å². The smallest absolute Gasteiger partial charge is 0.488 e. The van der Waals surface area contributed by atoms with Crippen LogP contribution in [0.4, 0.5) is 0 Å². The maximum absolute atomic E-state index is 9.29. The predicted octanol–water partition coefficient (Wildman–Crippen LogP) is 1.09. The summed E-state index contributed by atoms with van der Waals surface area (Å²) in [4.78, 5) is 0. The number of ether oxygens (including phenoxy) is 2. The minimum absolute atomic E-state index is 0.301. The molecular formula is C15H17BO4. The molecule has 0 saturated heterocycles. The Bertz CT molecular complexity index is 543. The van der Waals surface area contributed by atoms with E-state index in [0.717, 1.165) is 5.56 Å². The fraction of sp³-hybridized carbons (Fsp3) is 0.200. The molecule has 0 aliphatic carbocycles. The molecular weight excluding hydrogens is 255 g/mol. The molecule has 0 radical (unpaired) electrons. The largest absolute Gasteiger partial charge is 0.489 e. The zero-order valence-electron chi connectivity index (χ0n) is 11.3. The molecule has 2 rings (SSSR count). The van der Waals surface area contributed by atoms with Gasteiger partial charge in [0.15, 0.2) is 0 Å². The second-order valence-electron chi connectivity index (χ2n) is 4.44. The third-order valence-electron chi connectivity index (χ3n) is 2.94. The van der Waals surface area contributed by atoms with E-state index in [9.17, 15) is 10.0 Å². The van der Waals surface area contributed by atoms with Gasteiger partial charge in [-0.25, -0.2) is 0 Å². The maximum atomic E-state index is 9.29. The molecule has 0 aliphatic rings. The Kier molecular flexibility index (Phi) is 5.18. The average molecular weight is 272 g/mol. The Morgan fingerprint density at radius 1 is 1.00 bits per heavy atom. The summed E-state index contributed by atoms with van der Waals surface area (Å²) in [7, 11) is 0.0497. The highest BCUT2D eigenvalue weighted by molar-refractivity contribution is 6.59. The lowest BCUT2D eigenvalue weighted by molar-refractivity contribution is 0.185. The van der Waals surface area contributed by atoms with E-state index in [-0.39, 0.29) is 0 Å². The maximum Gasteiger partial charge on any atom is 0.488 e. The second-order valence-corrected chi connectivity index (χ2v) is 4.44. The van der Waals surface area contributed by atoms with Gasteiger partial charge in [-0.3, -0.25) is 0 Å². The van der Waals surface area contributed by atoms with Crippen LogP contribution in [0.5, 0.6) is 5.75 Å². The van der Waals surface area contributed by atoms with E-state index < -0.39 is 7.12 Å². The third kappa shape index (κ3) is 3.84. The number of rotatable bonds is 6. The van der Waals surface area contributed by atoms with Gasteiger partial charge in [0, 0.05) is 7.11 Å². The zero-order valence-corrected chi connectivity index (χ0v) is 11.3. The molecule has 0 amide bonds. The van der Waals surface area contributed by atoms with Crippen LogP contribution < -0.4 is 10.2 Å². The van der Waals surface area contributed by atoms with Crippen molar-refractivity contribution in [1.29, 1.82) is 0 Å². The van der Waals surface area contributed by atoms with Crippen LogP contribution in [0.1, 0.15) is 11.1 Å². The molecule has 2 aromatic carbocycles. The van der Waals surface area contributed by atoms with Crippen LogP contribution in [0, 0.1) is 0 Å². The van der Waals surface area contributed by atoms with Gasteiger partial charge in [0.1, 0.15) is 12.4 Å². The highest BCUT2D eigenvalue weighted by Crippen LogP contribution is 2.15. The van der Waals surface area contributed by atoms with E-state index in [1.807, 2.05) is 30.3 Å². The molecule has 20 heavy (non-hydrogen) atoms. The average Bonchev–Trinajstić information content (AvgIpc) is 2.46. The summed E-state index contributed by atoms with van der Waals surface area (Å²) < 4.78 is 10.8. The summed E-state index contributed by atoms with van der Waals surface area (Å²) in [6.45, 7) is 0.768. The predicted molar refractivity (Wildman–Crippen MR) is 77.8 cm³/mol. The fourth-order valence-corrected chi connectivity index (χ4v) is 1.95. The minimum atomic E-state index is -1.51. The molecule has 0 fully saturated rings. The highest BCUT2D eigenvalue weighted by Gasteiger charge is 2.16. The molecule has 0 saturated carbocycles. The van der Waals surface area contributed by atoms with Crippen molar-refractivity contribution >= 4 is 12.6 Å². The SMILES string of the molecule is COCc1cc(OCc2ccccc2)ccc1B(O)O. The van der Waals surface area contributed by atoms with Crippen molar-refractivity contribution in [2.75, 3.05) is 7.11 Å². The van der Waals surface area contributed by atoms with Gasteiger partial charge in [-0.2, -0.15) is 0 Å². The lowest BCUT2D eigenvalue weighted by Gasteiger charge is -2.12. The molecule has 5 heteroatoms. The summed E-state index contributed by atoms with van der Waals surface area (Å²) in [5, 5.41) is 18.6. The van der Waals surface area contributed by atoms with E-state index in [1.165, 1.54) is 0 Å². The summed E-state index contributed by atoms with van der Waals surface area (Å²) in [5.41, 5.74) is 2.21. The molecule has 104 valence electrons. The van der Waals surface area contributed by atoms with Gasteiger partial charge >= 0.3 is 7.12 Å². The third-order valence-corrected chi connectivity index (χ3v) is 2.94. The molecule has 0 unspecified atom stereocenters. The van der Waals surface area contributed by atoms with Gasteiger partial charge in [-0.1, -0.05) is 36.4 Å². The van der Waals surface area contributed by atoms with Gasteiger partial charge < -0.3 is 19.5 Å². The minimum Gasteiger partial charge on any atom is -0.489 e. The lowest BCUT2D eigenvalue weighted by atomic mass is 9.77. The normalized spacial score (nSPS) is 10.3. The standard InChI is InChI=1S/C15H17BO4/c1-19-11-13-9-14(7-8-15(13)16(17)18)20-10-12-5-3-2-4-6-12/h2-9,17-18H,10-11H2,1H3. The van der Waals surface area contributed by atoms with Crippen LogP contribution >= 0.6 is 0 Å². The fourth-order valence-electron chi connectivity index (χ4n) is 1.95. The van der Waals surface area contributed by atoms with Gasteiger partial charge in [0.05, 0.1) is 6.61 Å². The monoisotopic (exact) mass is 272 g/mol. The van der Waals surface area contributed by atoms with Crippen molar-refractivity contribution in [3.63, 3.8) is 0 Å². The number of methoxy groups -OCH3 is 1. The second kappa shape index (κ2) is 7.10. The molecule has 0 spiro atoms. The molecule has 0 aromatic heterocycles. The van der Waals surface area contributed by atoms with Gasteiger partial charge in [-0.05, 0) is 28.7 Å². The Morgan fingerprint density at radius 3 is 2.40 bits per heavy atom. The molecule has 0 atom stereocenters. The van der Waals surface area contributed by atoms with E-state index in [1.54, 1.807) is 25.3 Å². The summed E-state index contributed by atoms with van der Waals surface area (Å²) in [6, 6.07) is 15.0. The number of benzene rings is 2. The van der Waals surface area contributed by atoms with Crippen LogP contribution in [0.15, 0.2) is 48.5 Å². The van der Waals surface area contributed by atoms with Crippen LogP contribution in [0.25, 0.3) is 0 Å². The topological polar surface area (TPSA) is 58.9 Å². The molecule has 2 N–H and O–H groups in total. The Balaban J connectivity index is 2.10. The van der Waals surface area contributed by atoms with E-state index in [2.05, 4.69) is 0 Å².